The summed E-state index contributed by atoms with van der Waals surface area (Å²) in [6, 6.07) is 0. The fourth-order valence-electron chi connectivity index (χ4n) is 5.87. The Bertz CT molecular complexity index is 1170. The molecule has 0 saturated heterocycles. The zero-order valence-electron chi connectivity index (χ0n) is 37.8. The van der Waals surface area contributed by atoms with E-state index in [4.69, 9.17) is 18.5 Å². The third-order valence-corrected chi connectivity index (χ3v) is 10.5. The minimum absolute atomic E-state index is 0.0224. The van der Waals surface area contributed by atoms with Crippen molar-refractivity contribution in [3.05, 3.63) is 60.8 Å². The van der Waals surface area contributed by atoms with Crippen LogP contribution in [0.5, 0.6) is 0 Å². The molecular weight excluding hydrogens is 750 g/mol. The predicted octanol–water partition coefficient (Wildman–Crippen LogP) is 13.2. The zero-order valence-corrected chi connectivity index (χ0v) is 38.7. The number of likely N-dealkylation sites (N-methyl/N-ethyl adjacent to an activating group) is 1. The lowest BCUT2D eigenvalue weighted by atomic mass is 10.1. The number of allylic oxidation sites excluding steroid dienone is 10. The molecule has 0 aliphatic rings. The first-order chi connectivity index (χ1) is 28.0. The normalized spacial score (nSPS) is 14.1. The second kappa shape index (κ2) is 40.1. The van der Waals surface area contributed by atoms with Crippen LogP contribution < -0.4 is 0 Å². The highest BCUT2D eigenvalue weighted by Crippen LogP contribution is 2.43. The van der Waals surface area contributed by atoms with Gasteiger partial charge in [0, 0.05) is 12.8 Å². The number of quaternary nitrogens is 1. The summed E-state index contributed by atoms with van der Waals surface area (Å²) >= 11 is 0. The van der Waals surface area contributed by atoms with Gasteiger partial charge in [0.25, 0.3) is 0 Å². The van der Waals surface area contributed by atoms with Crippen molar-refractivity contribution < 1.29 is 42.1 Å². The average molecular weight is 837 g/mol. The number of nitrogens with zero attached hydrogens (tertiary/aromatic N) is 1. The van der Waals surface area contributed by atoms with Gasteiger partial charge in [-0.05, 0) is 83.5 Å². The molecule has 0 aromatic heterocycles. The van der Waals surface area contributed by atoms with Crippen LogP contribution >= 0.6 is 7.82 Å². The SMILES string of the molecule is CCCCC/C=C\C/C=C\C/C=C\C/C=C\CCCCCC(=O)OC[C@H](COP(=O)(O)OCC[N+](C)(C)C)OC(=O)CCCCCCC/C=C\CCCCCCCC. The van der Waals surface area contributed by atoms with Gasteiger partial charge in [0.2, 0.25) is 0 Å². The third kappa shape index (κ3) is 43.3. The molecule has 2 atom stereocenters. The van der Waals surface area contributed by atoms with Crippen molar-refractivity contribution in [1.82, 2.24) is 0 Å². The molecule has 0 amide bonds. The Morgan fingerprint density at radius 1 is 0.534 bits per heavy atom. The number of esters is 2. The standard InChI is InChI=1S/C48H86NO8P/c1-6-8-10-12-14-16-18-20-22-23-24-25-27-28-30-32-34-36-38-40-47(50)54-44-46(45-56-58(52,53)55-43-42-49(3,4)5)57-48(51)41-39-37-35-33-31-29-26-21-19-17-15-13-11-9-7-2/h14,16,20-22,24-26,28,30,46H,6-13,15,17-19,23,27,29,31-45H2,1-5H3/p+1/b16-14-,22-20-,25-24-,26-21-,30-28-/t46-/m1/s1. The minimum Gasteiger partial charge on any atom is -0.462 e. The first kappa shape index (κ1) is 55.7. The number of hydrogen-bond acceptors (Lipinski definition) is 7. The molecule has 0 radical (unpaired) electrons. The van der Waals surface area contributed by atoms with Gasteiger partial charge in [-0.2, -0.15) is 0 Å². The van der Waals surface area contributed by atoms with E-state index in [2.05, 4.69) is 74.6 Å². The molecule has 0 saturated carbocycles. The summed E-state index contributed by atoms with van der Waals surface area (Å²) < 4.78 is 34.3. The topological polar surface area (TPSA) is 108 Å². The minimum atomic E-state index is -4.39. The Balaban J connectivity index is 4.42. The molecule has 336 valence electrons. The molecule has 0 fully saturated rings. The molecule has 58 heavy (non-hydrogen) atoms. The molecular formula is C48H87NO8P+. The maximum absolute atomic E-state index is 12.7. The molecule has 0 aromatic rings. The maximum Gasteiger partial charge on any atom is 0.472 e. The first-order valence-corrected chi connectivity index (χ1v) is 24.5. The number of unbranched alkanes of at least 4 members (excludes halogenated alkanes) is 17. The molecule has 10 heteroatoms. The smallest absolute Gasteiger partial charge is 0.462 e. The van der Waals surface area contributed by atoms with E-state index in [0.717, 1.165) is 70.6 Å². The first-order valence-electron chi connectivity index (χ1n) is 23.0. The highest BCUT2D eigenvalue weighted by Gasteiger charge is 2.27. The quantitative estimate of drug-likeness (QED) is 0.0213. The molecule has 0 spiro atoms. The number of phosphoric ester groups is 1. The van der Waals surface area contributed by atoms with Gasteiger partial charge in [0.05, 0.1) is 27.7 Å². The maximum atomic E-state index is 12.7. The molecule has 1 unspecified atom stereocenters. The second-order valence-electron chi connectivity index (χ2n) is 16.4. The van der Waals surface area contributed by atoms with Crippen LogP contribution in [0.15, 0.2) is 60.8 Å². The van der Waals surface area contributed by atoms with Gasteiger partial charge in [0.15, 0.2) is 6.10 Å². The Kier molecular flexibility index (Phi) is 38.5. The van der Waals surface area contributed by atoms with E-state index < -0.39 is 32.5 Å². The van der Waals surface area contributed by atoms with Gasteiger partial charge in [-0.3, -0.25) is 18.6 Å². The van der Waals surface area contributed by atoms with Crippen molar-refractivity contribution in [2.75, 3.05) is 47.5 Å². The third-order valence-electron chi connectivity index (χ3n) is 9.52. The fraction of sp³-hybridized carbons (Fsp3) is 0.750. The summed E-state index contributed by atoms with van der Waals surface area (Å²) in [5.41, 5.74) is 0. The highest BCUT2D eigenvalue weighted by molar-refractivity contribution is 7.47. The van der Waals surface area contributed by atoms with E-state index in [9.17, 15) is 19.0 Å². The summed E-state index contributed by atoms with van der Waals surface area (Å²) in [6.07, 6.45) is 48.3. The monoisotopic (exact) mass is 837 g/mol. The van der Waals surface area contributed by atoms with Crippen molar-refractivity contribution in [2.24, 2.45) is 0 Å². The van der Waals surface area contributed by atoms with Crippen LogP contribution in [0.3, 0.4) is 0 Å². The van der Waals surface area contributed by atoms with E-state index in [1.807, 2.05) is 21.1 Å². The van der Waals surface area contributed by atoms with Crippen LogP contribution in [0.4, 0.5) is 0 Å². The molecule has 0 heterocycles. The van der Waals surface area contributed by atoms with Crippen molar-refractivity contribution in [3.63, 3.8) is 0 Å². The number of rotatable bonds is 41. The molecule has 0 aliphatic heterocycles. The van der Waals surface area contributed by atoms with Crippen LogP contribution in [0.2, 0.25) is 0 Å². The van der Waals surface area contributed by atoms with Gasteiger partial charge in [-0.1, -0.05) is 145 Å². The van der Waals surface area contributed by atoms with Crippen LogP contribution in [-0.2, 0) is 32.7 Å². The van der Waals surface area contributed by atoms with Gasteiger partial charge in [-0.25, -0.2) is 4.57 Å². The molecule has 9 nitrogen and oxygen atoms in total. The number of ether oxygens (including phenoxy) is 2. The van der Waals surface area contributed by atoms with Crippen molar-refractivity contribution in [2.45, 2.75) is 187 Å². The van der Waals surface area contributed by atoms with E-state index in [1.165, 1.54) is 70.6 Å². The zero-order chi connectivity index (χ0) is 42.8. The summed E-state index contributed by atoms with van der Waals surface area (Å²) in [5, 5.41) is 0. The van der Waals surface area contributed by atoms with E-state index in [1.54, 1.807) is 0 Å². The Morgan fingerprint density at radius 3 is 1.45 bits per heavy atom. The highest BCUT2D eigenvalue weighted by atomic mass is 31.2. The molecule has 0 rings (SSSR count). The van der Waals surface area contributed by atoms with Gasteiger partial charge in [-0.15, -0.1) is 0 Å². The Labute approximate surface area is 356 Å². The largest absolute Gasteiger partial charge is 0.472 e. The molecule has 0 aromatic carbocycles. The molecule has 0 bridgehead atoms. The van der Waals surface area contributed by atoms with Gasteiger partial charge in [0.1, 0.15) is 19.8 Å². The van der Waals surface area contributed by atoms with Crippen molar-refractivity contribution in [1.29, 1.82) is 0 Å². The fourth-order valence-corrected chi connectivity index (χ4v) is 6.61. The number of carbonyl (C=O) groups excluding carboxylic acids is 2. The van der Waals surface area contributed by atoms with E-state index in [-0.39, 0.29) is 26.1 Å². The number of hydrogen-bond donors (Lipinski definition) is 1. The number of carbonyl (C=O) groups is 2. The Hall–Kier alpha value is -2.29. The van der Waals surface area contributed by atoms with Crippen molar-refractivity contribution >= 4 is 19.8 Å². The van der Waals surface area contributed by atoms with Crippen LogP contribution in [-0.4, -0.2) is 74.9 Å². The summed E-state index contributed by atoms with van der Waals surface area (Å²) in [4.78, 5) is 35.4. The average Bonchev–Trinajstić information content (AvgIpc) is 3.17. The lowest BCUT2D eigenvalue weighted by Crippen LogP contribution is -2.37. The lowest BCUT2D eigenvalue weighted by Gasteiger charge is -2.24. The molecule has 1 N–H and O–H groups in total. The van der Waals surface area contributed by atoms with E-state index in [0.29, 0.717) is 23.9 Å². The van der Waals surface area contributed by atoms with Crippen LogP contribution in [0.25, 0.3) is 0 Å². The predicted molar refractivity (Wildman–Crippen MR) is 243 cm³/mol. The summed E-state index contributed by atoms with van der Waals surface area (Å²) in [7, 11) is 1.45. The van der Waals surface area contributed by atoms with Crippen LogP contribution in [0.1, 0.15) is 181 Å². The number of phosphoric acid groups is 1. The summed E-state index contributed by atoms with van der Waals surface area (Å²) in [6.45, 7) is 4.33. The second-order valence-corrected chi connectivity index (χ2v) is 17.9. The van der Waals surface area contributed by atoms with E-state index >= 15 is 0 Å². The van der Waals surface area contributed by atoms with Gasteiger partial charge < -0.3 is 18.9 Å². The lowest BCUT2D eigenvalue weighted by molar-refractivity contribution is -0.870. The Morgan fingerprint density at radius 2 is 0.931 bits per heavy atom. The van der Waals surface area contributed by atoms with Gasteiger partial charge >= 0.3 is 19.8 Å². The molecule has 0 aliphatic carbocycles. The van der Waals surface area contributed by atoms with Crippen molar-refractivity contribution in [3.8, 4) is 0 Å². The van der Waals surface area contributed by atoms with Crippen LogP contribution in [0, 0.1) is 0 Å². The summed E-state index contributed by atoms with van der Waals surface area (Å²) in [5.74, 6) is -0.847.